The van der Waals surface area contributed by atoms with Crippen LogP contribution in [0.15, 0.2) is 53.0 Å². The SMILES string of the molecule is CC[C@@H](C)[C@H](NC(=O)OCc1ccccc1)C(=O)Nc1ccc(Cl)c(Br)c1. The first-order chi connectivity index (χ1) is 12.9. The smallest absolute Gasteiger partial charge is 0.408 e. The molecule has 27 heavy (non-hydrogen) atoms. The van der Waals surface area contributed by atoms with E-state index in [2.05, 4.69) is 26.6 Å². The first-order valence-corrected chi connectivity index (χ1v) is 9.81. The van der Waals surface area contributed by atoms with Crippen LogP contribution in [0.3, 0.4) is 0 Å². The maximum atomic E-state index is 12.7. The number of benzene rings is 2. The fraction of sp³-hybridized carbons (Fsp3) is 0.300. The highest BCUT2D eigenvalue weighted by atomic mass is 79.9. The highest BCUT2D eigenvalue weighted by Crippen LogP contribution is 2.25. The molecule has 2 aromatic carbocycles. The van der Waals surface area contributed by atoms with Crippen LogP contribution >= 0.6 is 27.5 Å². The molecule has 144 valence electrons. The van der Waals surface area contributed by atoms with E-state index in [9.17, 15) is 9.59 Å². The van der Waals surface area contributed by atoms with Crippen molar-refractivity contribution in [2.24, 2.45) is 5.92 Å². The van der Waals surface area contributed by atoms with Crippen molar-refractivity contribution in [2.75, 3.05) is 5.32 Å². The van der Waals surface area contributed by atoms with Gasteiger partial charge in [-0.15, -0.1) is 0 Å². The summed E-state index contributed by atoms with van der Waals surface area (Å²) in [7, 11) is 0. The van der Waals surface area contributed by atoms with Crippen molar-refractivity contribution < 1.29 is 14.3 Å². The molecule has 0 aromatic heterocycles. The standard InChI is InChI=1S/C20H22BrClN2O3/c1-3-13(2)18(19(25)23-15-9-10-17(22)16(21)11-15)24-20(26)27-12-14-7-5-4-6-8-14/h4-11,13,18H,3,12H2,1-2H3,(H,23,25)(H,24,26)/t13-,18+/m1/s1. The van der Waals surface area contributed by atoms with Crippen molar-refractivity contribution in [3.05, 3.63) is 63.6 Å². The lowest BCUT2D eigenvalue weighted by molar-refractivity contribution is -0.119. The molecule has 0 aliphatic rings. The van der Waals surface area contributed by atoms with Crippen molar-refractivity contribution in [1.29, 1.82) is 0 Å². The fourth-order valence-electron chi connectivity index (χ4n) is 2.39. The highest BCUT2D eigenvalue weighted by Gasteiger charge is 2.26. The van der Waals surface area contributed by atoms with Gasteiger partial charge in [0.05, 0.1) is 5.02 Å². The van der Waals surface area contributed by atoms with Crippen molar-refractivity contribution in [2.45, 2.75) is 32.9 Å². The number of carbonyl (C=O) groups excluding carboxylic acids is 2. The molecule has 5 nitrogen and oxygen atoms in total. The number of carbonyl (C=O) groups is 2. The molecular formula is C20H22BrClN2O3. The van der Waals surface area contributed by atoms with Crippen molar-refractivity contribution in [3.8, 4) is 0 Å². The monoisotopic (exact) mass is 452 g/mol. The van der Waals surface area contributed by atoms with E-state index in [-0.39, 0.29) is 18.4 Å². The molecule has 0 unspecified atom stereocenters. The Hall–Kier alpha value is -2.05. The summed E-state index contributed by atoms with van der Waals surface area (Å²) in [5.41, 5.74) is 1.47. The zero-order valence-corrected chi connectivity index (χ0v) is 17.5. The Morgan fingerprint density at radius 1 is 1.19 bits per heavy atom. The second kappa shape index (κ2) is 10.3. The van der Waals surface area contributed by atoms with Crippen LogP contribution < -0.4 is 10.6 Å². The van der Waals surface area contributed by atoms with Crippen LogP contribution in [0.2, 0.25) is 5.02 Å². The van der Waals surface area contributed by atoms with E-state index in [1.54, 1.807) is 18.2 Å². The number of nitrogens with one attached hydrogen (secondary N) is 2. The Labute approximate surface area is 172 Å². The molecule has 0 bridgehead atoms. The van der Waals surface area contributed by atoms with Gasteiger partial charge in [0, 0.05) is 10.2 Å². The van der Waals surface area contributed by atoms with E-state index in [0.29, 0.717) is 15.2 Å². The third-order valence-electron chi connectivity index (χ3n) is 4.17. The Bertz CT molecular complexity index is 786. The van der Waals surface area contributed by atoms with Crippen molar-refractivity contribution in [3.63, 3.8) is 0 Å². The Balaban J connectivity index is 1.99. The predicted octanol–water partition coefficient (Wildman–Crippen LogP) is 5.38. The number of amides is 2. The molecule has 0 saturated heterocycles. The first-order valence-electron chi connectivity index (χ1n) is 8.63. The van der Waals surface area contributed by atoms with Crippen molar-refractivity contribution >= 4 is 45.2 Å². The Morgan fingerprint density at radius 3 is 2.52 bits per heavy atom. The summed E-state index contributed by atoms with van der Waals surface area (Å²) in [6, 6.07) is 13.7. The Morgan fingerprint density at radius 2 is 1.89 bits per heavy atom. The second-order valence-corrected chi connectivity index (χ2v) is 7.45. The quantitative estimate of drug-likeness (QED) is 0.591. The number of alkyl carbamates (subject to hydrolysis) is 1. The summed E-state index contributed by atoms with van der Waals surface area (Å²) in [4.78, 5) is 24.9. The number of anilines is 1. The predicted molar refractivity (Wildman–Crippen MR) is 111 cm³/mol. The van der Waals surface area contributed by atoms with Crippen molar-refractivity contribution in [1.82, 2.24) is 5.32 Å². The van der Waals surface area contributed by atoms with Gasteiger partial charge in [-0.1, -0.05) is 62.2 Å². The minimum atomic E-state index is -0.715. The van der Waals surface area contributed by atoms with E-state index in [4.69, 9.17) is 16.3 Å². The average molecular weight is 454 g/mol. The third kappa shape index (κ3) is 6.56. The van der Waals surface area contributed by atoms with Crippen LogP contribution in [-0.4, -0.2) is 18.0 Å². The maximum Gasteiger partial charge on any atom is 0.408 e. The van der Waals surface area contributed by atoms with Gasteiger partial charge in [0.15, 0.2) is 0 Å². The van der Waals surface area contributed by atoms with E-state index >= 15 is 0 Å². The molecule has 0 heterocycles. The normalized spacial score (nSPS) is 12.7. The topological polar surface area (TPSA) is 67.4 Å². The molecule has 0 spiro atoms. The van der Waals surface area contributed by atoms with Gasteiger partial charge in [0.1, 0.15) is 12.6 Å². The molecule has 0 fully saturated rings. The van der Waals surface area contributed by atoms with Crippen LogP contribution in [-0.2, 0) is 16.1 Å². The van der Waals surface area contributed by atoms with E-state index in [0.717, 1.165) is 12.0 Å². The minimum absolute atomic E-state index is 0.0648. The summed E-state index contributed by atoms with van der Waals surface area (Å²) < 4.78 is 5.91. The zero-order valence-electron chi connectivity index (χ0n) is 15.2. The van der Waals surface area contributed by atoms with Gasteiger partial charge in [-0.2, -0.15) is 0 Å². The first kappa shape index (κ1) is 21.3. The second-order valence-electron chi connectivity index (χ2n) is 6.19. The fourth-order valence-corrected chi connectivity index (χ4v) is 2.88. The van der Waals surface area contributed by atoms with Gasteiger partial charge in [-0.25, -0.2) is 4.79 Å². The van der Waals surface area contributed by atoms with E-state index in [1.807, 2.05) is 44.2 Å². The van der Waals surface area contributed by atoms with Gasteiger partial charge >= 0.3 is 6.09 Å². The van der Waals surface area contributed by atoms with Gasteiger partial charge in [0.25, 0.3) is 0 Å². The molecule has 0 saturated carbocycles. The lowest BCUT2D eigenvalue weighted by Gasteiger charge is -2.23. The number of rotatable bonds is 7. The van der Waals surface area contributed by atoms with Gasteiger partial charge in [-0.05, 0) is 45.6 Å². The minimum Gasteiger partial charge on any atom is -0.445 e. The number of hydrogen-bond donors (Lipinski definition) is 2. The van der Waals surface area contributed by atoms with E-state index < -0.39 is 12.1 Å². The summed E-state index contributed by atoms with van der Waals surface area (Å²) in [5.74, 6) is -0.375. The zero-order chi connectivity index (χ0) is 19.8. The number of ether oxygens (including phenoxy) is 1. The molecule has 2 N–H and O–H groups in total. The summed E-state index contributed by atoms with van der Waals surface area (Å²) >= 11 is 9.30. The summed E-state index contributed by atoms with van der Waals surface area (Å²) in [5, 5.41) is 6.03. The van der Waals surface area contributed by atoms with E-state index in [1.165, 1.54) is 0 Å². The van der Waals surface area contributed by atoms with Crippen LogP contribution in [0.4, 0.5) is 10.5 Å². The lowest BCUT2D eigenvalue weighted by Crippen LogP contribution is -2.47. The molecule has 0 aliphatic heterocycles. The molecule has 2 rings (SSSR count). The molecular weight excluding hydrogens is 432 g/mol. The van der Waals surface area contributed by atoms with Crippen LogP contribution in [0.5, 0.6) is 0 Å². The lowest BCUT2D eigenvalue weighted by atomic mass is 9.98. The average Bonchev–Trinajstić information content (AvgIpc) is 2.67. The maximum absolute atomic E-state index is 12.7. The molecule has 0 radical (unpaired) electrons. The highest BCUT2D eigenvalue weighted by molar-refractivity contribution is 9.10. The molecule has 2 aromatic rings. The van der Waals surface area contributed by atoms with Crippen LogP contribution in [0.1, 0.15) is 25.8 Å². The molecule has 7 heteroatoms. The van der Waals surface area contributed by atoms with Crippen LogP contribution in [0.25, 0.3) is 0 Å². The Kier molecular flexibility index (Phi) is 8.13. The third-order valence-corrected chi connectivity index (χ3v) is 5.38. The van der Waals surface area contributed by atoms with Gasteiger partial charge in [0.2, 0.25) is 5.91 Å². The summed E-state index contributed by atoms with van der Waals surface area (Å²) in [6.45, 7) is 4.01. The van der Waals surface area contributed by atoms with Crippen LogP contribution in [0, 0.1) is 5.92 Å². The molecule has 2 amide bonds. The molecule has 0 aliphatic carbocycles. The van der Waals surface area contributed by atoms with Gasteiger partial charge < -0.3 is 15.4 Å². The number of hydrogen-bond acceptors (Lipinski definition) is 3. The summed E-state index contributed by atoms with van der Waals surface area (Å²) in [6.07, 6.45) is 0.0954. The van der Waals surface area contributed by atoms with Gasteiger partial charge in [-0.3, -0.25) is 4.79 Å². The number of halogens is 2. The largest absolute Gasteiger partial charge is 0.445 e. The molecule has 2 atom stereocenters.